The van der Waals surface area contributed by atoms with E-state index in [1.165, 1.54) is 18.5 Å². The Hall–Kier alpha value is -3.17. The lowest BCUT2D eigenvalue weighted by molar-refractivity contribution is -0.137. The molecule has 4 rings (SSSR count). The number of hydrogen-bond acceptors (Lipinski definition) is 9. The zero-order valence-corrected chi connectivity index (χ0v) is 24.3. The van der Waals surface area contributed by atoms with Crippen molar-refractivity contribution in [3.05, 3.63) is 35.5 Å². The van der Waals surface area contributed by atoms with Gasteiger partial charge in [0.2, 0.25) is 16.0 Å². The number of nitrogens with zero attached hydrogens (tertiary/aromatic N) is 4. The smallest absolute Gasteiger partial charge is 0.421 e. The number of halogens is 3. The van der Waals surface area contributed by atoms with Crippen LogP contribution in [0.1, 0.15) is 48.0 Å². The molecule has 226 valence electrons. The summed E-state index contributed by atoms with van der Waals surface area (Å²) in [6.45, 7) is 1.80. The molecule has 1 aliphatic carbocycles. The summed E-state index contributed by atoms with van der Waals surface area (Å²) >= 11 is 0. The van der Waals surface area contributed by atoms with Crippen molar-refractivity contribution in [2.45, 2.75) is 56.4 Å². The minimum Gasteiger partial charge on any atom is -0.495 e. The van der Waals surface area contributed by atoms with Gasteiger partial charge in [0.1, 0.15) is 17.1 Å². The van der Waals surface area contributed by atoms with Crippen LogP contribution in [0.25, 0.3) is 0 Å². The number of benzene rings is 1. The molecule has 0 radical (unpaired) electrons. The van der Waals surface area contributed by atoms with Gasteiger partial charge in [-0.3, -0.25) is 4.79 Å². The molecule has 1 aromatic carbocycles. The summed E-state index contributed by atoms with van der Waals surface area (Å²) in [7, 11) is 1.33. The Bertz CT molecular complexity index is 1350. The summed E-state index contributed by atoms with van der Waals surface area (Å²) in [5, 5.41) is 8.75. The molecule has 2 aromatic rings. The van der Waals surface area contributed by atoms with Crippen LogP contribution in [0.15, 0.2) is 24.4 Å². The summed E-state index contributed by atoms with van der Waals surface area (Å²) in [6, 6.07) is 3.68. The standard InChI is InChI=1S/C26H36F3N7O4S/c1-35-12-10-17(11-13-35)31-24(37)16-8-9-20(22(14-16)40-3)33-25-30-15-18(26(27,28)29)23(34-25)32-19-6-5-7-21(19)36(2)41(4,38)39/h8-9,14-15,17,19,21H,5-7,10-13H2,1-4H3,(H,31,37)(H2,30,32,33,34)/t19-,21-/m1/s1. The zero-order valence-electron chi connectivity index (χ0n) is 23.5. The fourth-order valence-electron chi connectivity index (χ4n) is 5.20. The number of ether oxygens (including phenoxy) is 1. The molecule has 15 heteroatoms. The molecular formula is C26H36F3N7O4S. The van der Waals surface area contributed by atoms with Crippen LogP contribution in [0, 0.1) is 0 Å². The molecule has 1 aromatic heterocycles. The number of aromatic nitrogens is 2. The molecule has 0 bridgehead atoms. The van der Waals surface area contributed by atoms with Gasteiger partial charge in [-0.1, -0.05) is 0 Å². The van der Waals surface area contributed by atoms with E-state index in [2.05, 4.69) is 30.8 Å². The first-order valence-electron chi connectivity index (χ1n) is 13.3. The van der Waals surface area contributed by atoms with E-state index in [-0.39, 0.29) is 23.6 Å². The Labute approximate surface area is 237 Å². The van der Waals surface area contributed by atoms with Crippen molar-refractivity contribution in [2.24, 2.45) is 0 Å². The molecule has 0 spiro atoms. The number of carbonyl (C=O) groups excluding carboxylic acids is 1. The SMILES string of the molecule is COc1cc(C(=O)NC2CCN(C)CC2)ccc1Nc1ncc(C(F)(F)F)c(N[C@@H]2CCC[C@H]2N(C)S(C)(=O)=O)n1. The fourth-order valence-corrected chi connectivity index (χ4v) is 5.95. The van der Waals surface area contributed by atoms with Crippen molar-refractivity contribution < 1.29 is 31.1 Å². The topological polar surface area (TPSA) is 129 Å². The van der Waals surface area contributed by atoms with Gasteiger partial charge < -0.3 is 25.6 Å². The van der Waals surface area contributed by atoms with Crippen LogP contribution in [0.3, 0.4) is 0 Å². The summed E-state index contributed by atoms with van der Waals surface area (Å²) < 4.78 is 72.3. The second kappa shape index (κ2) is 12.4. The minimum absolute atomic E-state index is 0.0747. The zero-order chi connectivity index (χ0) is 29.9. The summed E-state index contributed by atoms with van der Waals surface area (Å²) in [6.07, 6.45) is 0.342. The second-order valence-electron chi connectivity index (χ2n) is 10.6. The molecule has 1 saturated carbocycles. The third-order valence-corrected chi connectivity index (χ3v) is 8.97. The lowest BCUT2D eigenvalue weighted by Crippen LogP contribution is -2.44. The normalized spacial score (nSPS) is 20.7. The molecule has 2 atom stereocenters. The Balaban J connectivity index is 1.54. The first-order chi connectivity index (χ1) is 19.3. The second-order valence-corrected chi connectivity index (χ2v) is 12.6. The van der Waals surface area contributed by atoms with Crippen LogP contribution in [0.4, 0.5) is 30.6 Å². The molecule has 11 nitrogen and oxygen atoms in total. The van der Waals surface area contributed by atoms with Gasteiger partial charge in [0.25, 0.3) is 5.91 Å². The van der Waals surface area contributed by atoms with Crippen LogP contribution in [0.5, 0.6) is 5.75 Å². The van der Waals surface area contributed by atoms with Crippen LogP contribution >= 0.6 is 0 Å². The molecule has 2 aliphatic rings. The maximum Gasteiger partial charge on any atom is 0.421 e. The van der Waals surface area contributed by atoms with Gasteiger partial charge in [-0.2, -0.15) is 18.2 Å². The number of anilines is 3. The number of methoxy groups -OCH3 is 1. The first-order valence-corrected chi connectivity index (χ1v) is 15.2. The number of alkyl halides is 3. The van der Waals surface area contributed by atoms with E-state index in [1.54, 1.807) is 18.2 Å². The van der Waals surface area contributed by atoms with Gasteiger partial charge in [-0.05, 0) is 70.4 Å². The average molecular weight is 600 g/mol. The van der Waals surface area contributed by atoms with Crippen molar-refractivity contribution in [1.29, 1.82) is 0 Å². The third kappa shape index (κ3) is 7.57. The number of sulfonamides is 1. The molecule has 1 amide bonds. The van der Waals surface area contributed by atoms with Gasteiger partial charge in [0, 0.05) is 36.9 Å². The van der Waals surface area contributed by atoms with E-state index in [0.717, 1.165) is 32.2 Å². The highest BCUT2D eigenvalue weighted by Gasteiger charge is 2.39. The lowest BCUT2D eigenvalue weighted by atomic mass is 10.0. The minimum atomic E-state index is -4.74. The van der Waals surface area contributed by atoms with E-state index in [4.69, 9.17) is 4.74 Å². The summed E-state index contributed by atoms with van der Waals surface area (Å²) in [5.41, 5.74) is -0.336. The Morgan fingerprint density at radius 3 is 2.51 bits per heavy atom. The number of amides is 1. The van der Waals surface area contributed by atoms with Gasteiger partial charge >= 0.3 is 6.18 Å². The van der Waals surface area contributed by atoms with E-state index < -0.39 is 39.7 Å². The van der Waals surface area contributed by atoms with Crippen LogP contribution in [-0.4, -0.2) is 92.2 Å². The highest BCUT2D eigenvalue weighted by atomic mass is 32.2. The number of piperidine rings is 1. The Kier molecular flexibility index (Phi) is 9.29. The Morgan fingerprint density at radius 2 is 1.88 bits per heavy atom. The van der Waals surface area contributed by atoms with Crippen molar-refractivity contribution in [3.63, 3.8) is 0 Å². The van der Waals surface area contributed by atoms with Crippen LogP contribution < -0.4 is 20.7 Å². The fraction of sp³-hybridized carbons (Fsp3) is 0.577. The van der Waals surface area contributed by atoms with Gasteiger partial charge in [0.15, 0.2) is 0 Å². The van der Waals surface area contributed by atoms with Crippen molar-refractivity contribution >= 4 is 33.4 Å². The highest BCUT2D eigenvalue weighted by molar-refractivity contribution is 7.88. The number of likely N-dealkylation sites (N-methyl/N-ethyl adjacent to an activating group) is 1. The predicted molar refractivity (Wildman–Crippen MR) is 149 cm³/mol. The van der Waals surface area contributed by atoms with E-state index >= 15 is 0 Å². The van der Waals surface area contributed by atoms with E-state index in [1.807, 2.05) is 7.05 Å². The predicted octanol–water partition coefficient (Wildman–Crippen LogP) is 3.30. The highest BCUT2D eigenvalue weighted by Crippen LogP contribution is 2.37. The number of carbonyl (C=O) groups is 1. The number of likely N-dealkylation sites (tertiary alicyclic amines) is 1. The molecule has 1 aliphatic heterocycles. The van der Waals surface area contributed by atoms with Crippen LogP contribution in [0.2, 0.25) is 0 Å². The quantitative estimate of drug-likeness (QED) is 0.398. The molecular weight excluding hydrogens is 563 g/mol. The lowest BCUT2D eigenvalue weighted by Gasteiger charge is -2.29. The summed E-state index contributed by atoms with van der Waals surface area (Å²) in [5.74, 6) is -0.549. The van der Waals surface area contributed by atoms with Gasteiger partial charge in [0.05, 0.1) is 19.1 Å². The van der Waals surface area contributed by atoms with Gasteiger partial charge in [-0.15, -0.1) is 0 Å². The first kappa shape index (κ1) is 30.8. The molecule has 0 unspecified atom stereocenters. The van der Waals surface area contributed by atoms with Crippen molar-refractivity contribution in [3.8, 4) is 5.75 Å². The van der Waals surface area contributed by atoms with Gasteiger partial charge in [-0.25, -0.2) is 17.7 Å². The van der Waals surface area contributed by atoms with E-state index in [0.29, 0.717) is 36.7 Å². The monoisotopic (exact) mass is 599 g/mol. The summed E-state index contributed by atoms with van der Waals surface area (Å²) in [4.78, 5) is 23.0. The molecule has 1 saturated heterocycles. The maximum atomic E-state index is 13.8. The number of nitrogens with one attached hydrogen (secondary N) is 3. The molecule has 41 heavy (non-hydrogen) atoms. The maximum absolute atomic E-state index is 13.8. The van der Waals surface area contributed by atoms with Crippen LogP contribution in [-0.2, 0) is 16.2 Å². The van der Waals surface area contributed by atoms with E-state index in [9.17, 15) is 26.4 Å². The Morgan fingerprint density at radius 1 is 1.17 bits per heavy atom. The van der Waals surface area contributed by atoms with Crippen molar-refractivity contribution in [2.75, 3.05) is 51.2 Å². The molecule has 2 heterocycles. The van der Waals surface area contributed by atoms with Crippen molar-refractivity contribution in [1.82, 2.24) is 24.5 Å². The molecule has 3 N–H and O–H groups in total. The number of rotatable bonds is 9. The number of hydrogen-bond donors (Lipinski definition) is 3. The average Bonchev–Trinajstić information content (AvgIpc) is 3.36. The third-order valence-electron chi connectivity index (χ3n) is 7.65. The molecule has 2 fully saturated rings. The largest absolute Gasteiger partial charge is 0.495 e.